The van der Waals surface area contributed by atoms with Gasteiger partial charge in [-0.2, -0.15) is 0 Å². The molecule has 4 nitrogen and oxygen atoms in total. The maximum atomic E-state index is 5.27. The largest absolute Gasteiger partial charge is 0.309 e. The molecule has 0 aliphatic rings. The minimum absolute atomic E-state index is 0.699. The summed E-state index contributed by atoms with van der Waals surface area (Å²) in [5.74, 6) is 0.699. The quantitative estimate of drug-likeness (QED) is 0.169. The van der Waals surface area contributed by atoms with E-state index in [1.807, 2.05) is 12.1 Å². The van der Waals surface area contributed by atoms with Crippen LogP contribution >= 0.6 is 0 Å². The Kier molecular flexibility index (Phi) is 7.82. The second kappa shape index (κ2) is 13.8. The van der Waals surface area contributed by atoms with E-state index in [0.29, 0.717) is 5.82 Å². The molecule has 3 aromatic heterocycles. The van der Waals surface area contributed by atoms with Gasteiger partial charge in [-0.05, 0) is 70.4 Å². The van der Waals surface area contributed by atoms with E-state index in [2.05, 4.69) is 215 Å². The van der Waals surface area contributed by atoms with Crippen molar-refractivity contribution in [1.29, 1.82) is 0 Å². The molecule has 12 aromatic rings. The maximum absolute atomic E-state index is 5.27. The minimum atomic E-state index is 0.699. The molecule has 60 heavy (non-hydrogen) atoms. The number of hydrogen-bond donors (Lipinski definition) is 0. The summed E-state index contributed by atoms with van der Waals surface area (Å²) in [6.07, 6.45) is 0. The highest BCUT2D eigenvalue weighted by Crippen LogP contribution is 2.42. The van der Waals surface area contributed by atoms with Crippen LogP contribution in [0.3, 0.4) is 0 Å². The van der Waals surface area contributed by atoms with E-state index in [-0.39, 0.29) is 0 Å². The number of rotatable bonds is 6. The lowest BCUT2D eigenvalue weighted by Gasteiger charge is -2.13. The van der Waals surface area contributed by atoms with E-state index in [1.54, 1.807) is 0 Å². The second-order valence-electron chi connectivity index (χ2n) is 15.4. The van der Waals surface area contributed by atoms with Crippen LogP contribution in [-0.2, 0) is 0 Å². The fourth-order valence-corrected chi connectivity index (χ4v) is 9.17. The third kappa shape index (κ3) is 5.46. The first-order valence-electron chi connectivity index (χ1n) is 20.4. The van der Waals surface area contributed by atoms with Crippen LogP contribution in [-0.4, -0.2) is 19.1 Å². The predicted octanol–water partition coefficient (Wildman–Crippen LogP) is 14.5. The zero-order valence-corrected chi connectivity index (χ0v) is 32.6. The lowest BCUT2D eigenvalue weighted by Crippen LogP contribution is -1.97. The molecule has 9 aromatic carbocycles. The topological polar surface area (TPSA) is 35.6 Å². The Morgan fingerprint density at radius 3 is 1.62 bits per heavy atom. The van der Waals surface area contributed by atoms with E-state index in [4.69, 9.17) is 9.97 Å². The lowest BCUT2D eigenvalue weighted by molar-refractivity contribution is 1.17. The number of aromatic nitrogens is 4. The summed E-state index contributed by atoms with van der Waals surface area (Å²) >= 11 is 0. The van der Waals surface area contributed by atoms with Crippen LogP contribution in [0.2, 0.25) is 0 Å². The Bertz CT molecular complexity index is 3570. The highest BCUT2D eigenvalue weighted by molar-refractivity contribution is 6.26. The summed E-state index contributed by atoms with van der Waals surface area (Å²) in [5, 5.41) is 7.19. The standard InChI is InChI=1S/C56H36N4/c1-4-15-37(16-5-1)38-27-29-40(30-28-38)50-36-49(39-17-6-2-7-18-39)57-56(58-50)47-24-14-19-41-35-43(31-32-44(41)47)59-52-26-13-11-23-48(52)54-53(59)34-33-46-45-22-10-12-25-51(45)60(55(46)54)42-20-8-3-9-21-42/h1-36H. The van der Waals surface area contributed by atoms with Gasteiger partial charge in [-0.1, -0.05) is 170 Å². The van der Waals surface area contributed by atoms with Crippen LogP contribution in [0, 0.1) is 0 Å². The van der Waals surface area contributed by atoms with Crippen LogP contribution in [0.15, 0.2) is 218 Å². The van der Waals surface area contributed by atoms with Gasteiger partial charge in [-0.25, -0.2) is 9.97 Å². The average Bonchev–Trinajstić information content (AvgIpc) is 3.85. The lowest BCUT2D eigenvalue weighted by atomic mass is 10.0. The van der Waals surface area contributed by atoms with E-state index >= 15 is 0 Å². The fraction of sp³-hybridized carbons (Fsp3) is 0. The average molecular weight is 765 g/mol. The first kappa shape index (κ1) is 34.0. The molecule has 3 heterocycles. The molecule has 0 N–H and O–H groups in total. The van der Waals surface area contributed by atoms with Gasteiger partial charge >= 0.3 is 0 Å². The monoisotopic (exact) mass is 764 g/mol. The van der Waals surface area contributed by atoms with Gasteiger partial charge in [0.25, 0.3) is 0 Å². The van der Waals surface area contributed by atoms with Crippen molar-refractivity contribution in [3.63, 3.8) is 0 Å². The summed E-state index contributed by atoms with van der Waals surface area (Å²) in [6.45, 7) is 0. The molecule has 0 atom stereocenters. The third-order valence-corrected chi connectivity index (χ3v) is 11.9. The van der Waals surface area contributed by atoms with Gasteiger partial charge in [-0.15, -0.1) is 0 Å². The summed E-state index contributed by atoms with van der Waals surface area (Å²) in [5.41, 5.74) is 14.2. The van der Waals surface area contributed by atoms with E-state index in [9.17, 15) is 0 Å². The van der Waals surface area contributed by atoms with Crippen molar-refractivity contribution in [2.24, 2.45) is 0 Å². The van der Waals surface area contributed by atoms with Gasteiger partial charge in [0.05, 0.1) is 33.5 Å². The molecule has 0 saturated carbocycles. The molecule has 0 spiro atoms. The summed E-state index contributed by atoms with van der Waals surface area (Å²) in [7, 11) is 0. The van der Waals surface area contributed by atoms with Gasteiger partial charge in [0.15, 0.2) is 5.82 Å². The van der Waals surface area contributed by atoms with Crippen molar-refractivity contribution in [3.8, 4) is 56.4 Å². The first-order valence-corrected chi connectivity index (χ1v) is 20.4. The van der Waals surface area contributed by atoms with Crippen molar-refractivity contribution in [2.75, 3.05) is 0 Å². The SMILES string of the molecule is c1ccc(-c2ccc(-c3cc(-c4ccccc4)nc(-c4cccc5cc(-n6c7ccccc7c7c6ccc6c8ccccc8n(-c8ccccc8)c67)ccc45)n3)cc2)cc1. The van der Waals surface area contributed by atoms with Gasteiger partial charge < -0.3 is 9.13 Å². The molecular weight excluding hydrogens is 729 g/mol. The Labute approximate surface area is 346 Å². The van der Waals surface area contributed by atoms with Crippen molar-refractivity contribution in [1.82, 2.24) is 19.1 Å². The van der Waals surface area contributed by atoms with Crippen LogP contribution in [0.5, 0.6) is 0 Å². The zero-order valence-electron chi connectivity index (χ0n) is 32.6. The molecule has 280 valence electrons. The molecule has 0 aliphatic heterocycles. The number of para-hydroxylation sites is 3. The normalized spacial score (nSPS) is 11.7. The third-order valence-electron chi connectivity index (χ3n) is 11.9. The molecule has 0 bridgehead atoms. The van der Waals surface area contributed by atoms with Gasteiger partial charge in [0.1, 0.15) is 0 Å². The van der Waals surface area contributed by atoms with Crippen molar-refractivity contribution in [3.05, 3.63) is 218 Å². The zero-order chi connectivity index (χ0) is 39.6. The number of benzene rings is 9. The van der Waals surface area contributed by atoms with Crippen molar-refractivity contribution in [2.45, 2.75) is 0 Å². The Morgan fingerprint density at radius 2 is 0.883 bits per heavy atom. The molecule has 0 saturated heterocycles. The number of nitrogens with zero attached hydrogens (tertiary/aromatic N) is 4. The highest BCUT2D eigenvalue weighted by atomic mass is 15.0. The molecule has 12 rings (SSSR count). The smallest absolute Gasteiger partial charge is 0.161 e. The molecular formula is C56H36N4. The summed E-state index contributed by atoms with van der Waals surface area (Å²) in [4.78, 5) is 10.5. The van der Waals surface area contributed by atoms with E-state index < -0.39 is 0 Å². The van der Waals surface area contributed by atoms with E-state index in [1.165, 1.54) is 54.7 Å². The molecule has 0 unspecified atom stereocenters. The Hall–Kier alpha value is -8.08. The van der Waals surface area contributed by atoms with Gasteiger partial charge in [0.2, 0.25) is 0 Å². The maximum Gasteiger partial charge on any atom is 0.161 e. The fourth-order valence-electron chi connectivity index (χ4n) is 9.17. The van der Waals surface area contributed by atoms with Crippen molar-refractivity contribution < 1.29 is 0 Å². The van der Waals surface area contributed by atoms with Crippen molar-refractivity contribution >= 4 is 54.4 Å². The Balaban J connectivity index is 1.04. The minimum Gasteiger partial charge on any atom is -0.309 e. The van der Waals surface area contributed by atoms with Crippen LogP contribution in [0.1, 0.15) is 0 Å². The second-order valence-corrected chi connectivity index (χ2v) is 15.4. The first-order chi connectivity index (χ1) is 29.8. The number of fused-ring (bicyclic) bond motifs is 8. The van der Waals surface area contributed by atoms with Gasteiger partial charge in [0, 0.05) is 49.6 Å². The summed E-state index contributed by atoms with van der Waals surface area (Å²) < 4.78 is 4.86. The molecule has 0 radical (unpaired) electrons. The molecule has 4 heteroatoms. The highest BCUT2D eigenvalue weighted by Gasteiger charge is 2.21. The van der Waals surface area contributed by atoms with Gasteiger partial charge in [-0.3, -0.25) is 0 Å². The number of hydrogen-bond acceptors (Lipinski definition) is 2. The summed E-state index contributed by atoms with van der Waals surface area (Å²) in [6, 6.07) is 77.8. The predicted molar refractivity (Wildman–Crippen MR) is 250 cm³/mol. The molecule has 0 fully saturated rings. The van der Waals surface area contributed by atoms with Crippen LogP contribution < -0.4 is 0 Å². The van der Waals surface area contributed by atoms with E-state index in [0.717, 1.165) is 50.2 Å². The van der Waals surface area contributed by atoms with Crippen LogP contribution in [0.25, 0.3) is 111 Å². The van der Waals surface area contributed by atoms with Crippen LogP contribution in [0.4, 0.5) is 0 Å². The molecule has 0 amide bonds. The Morgan fingerprint density at radius 1 is 0.317 bits per heavy atom. The molecule has 0 aliphatic carbocycles.